The molecular weight excluding hydrogens is 296 g/mol. The summed E-state index contributed by atoms with van der Waals surface area (Å²) in [5.41, 5.74) is 1.10. The molecule has 0 spiro atoms. The summed E-state index contributed by atoms with van der Waals surface area (Å²) in [5, 5.41) is 14.6. The van der Waals surface area contributed by atoms with Gasteiger partial charge in [0, 0.05) is 6.07 Å². The van der Waals surface area contributed by atoms with E-state index in [0.717, 1.165) is 22.5 Å². The van der Waals surface area contributed by atoms with Crippen LogP contribution in [0.15, 0.2) is 16.9 Å². The van der Waals surface area contributed by atoms with Gasteiger partial charge in [0.25, 0.3) is 0 Å². The van der Waals surface area contributed by atoms with E-state index in [2.05, 4.69) is 37.5 Å². The highest BCUT2D eigenvalue weighted by molar-refractivity contribution is 9.10. The van der Waals surface area contributed by atoms with Crippen LogP contribution in [0.5, 0.6) is 0 Å². The molecule has 1 N–H and O–H groups in total. The Morgan fingerprint density at radius 3 is 2.83 bits per heavy atom. The molecule has 18 heavy (non-hydrogen) atoms. The summed E-state index contributed by atoms with van der Waals surface area (Å²) in [6.45, 7) is 6.42. The van der Waals surface area contributed by atoms with Gasteiger partial charge in [-0.3, -0.25) is 4.68 Å². The third-order valence-electron chi connectivity index (χ3n) is 3.23. The summed E-state index contributed by atoms with van der Waals surface area (Å²) >= 11 is 3.40. The zero-order valence-electron chi connectivity index (χ0n) is 10.6. The average Bonchev–Trinajstić information content (AvgIpc) is 2.79. The lowest BCUT2D eigenvalue weighted by atomic mass is 10.1. The molecular formula is C12H15BrN4O. The van der Waals surface area contributed by atoms with Gasteiger partial charge in [-0.05, 0) is 36.7 Å². The van der Waals surface area contributed by atoms with Gasteiger partial charge < -0.3 is 9.67 Å². The third-order valence-corrected chi connectivity index (χ3v) is 3.62. The van der Waals surface area contributed by atoms with Crippen LogP contribution in [0.1, 0.15) is 32.6 Å². The summed E-state index contributed by atoms with van der Waals surface area (Å²) < 4.78 is 4.90. The second kappa shape index (κ2) is 3.68. The van der Waals surface area contributed by atoms with Crippen molar-refractivity contribution in [2.24, 2.45) is 0 Å². The molecule has 0 aromatic carbocycles. The first-order valence-corrected chi connectivity index (χ1v) is 6.71. The highest BCUT2D eigenvalue weighted by atomic mass is 79.9. The van der Waals surface area contributed by atoms with Crippen LogP contribution in [0.2, 0.25) is 0 Å². The summed E-state index contributed by atoms with van der Waals surface area (Å²) in [7, 11) is 0. The SMILES string of the molecule is C[C@H]1Cn2nc(Br)cc2-c2cnc(C(C)(C)O)n21. The van der Waals surface area contributed by atoms with E-state index in [1.807, 2.05) is 16.9 Å². The van der Waals surface area contributed by atoms with Gasteiger partial charge in [0.1, 0.15) is 16.0 Å². The number of aliphatic hydroxyl groups is 1. The van der Waals surface area contributed by atoms with E-state index in [0.29, 0.717) is 5.82 Å². The minimum Gasteiger partial charge on any atom is -0.383 e. The van der Waals surface area contributed by atoms with Crippen molar-refractivity contribution < 1.29 is 5.11 Å². The molecule has 0 radical (unpaired) electrons. The lowest BCUT2D eigenvalue weighted by Crippen LogP contribution is -2.28. The Balaban J connectivity index is 2.24. The van der Waals surface area contributed by atoms with Crippen LogP contribution in [0.25, 0.3) is 11.4 Å². The van der Waals surface area contributed by atoms with Gasteiger partial charge in [0.05, 0.1) is 30.2 Å². The van der Waals surface area contributed by atoms with Crippen molar-refractivity contribution in [2.45, 2.75) is 39.0 Å². The van der Waals surface area contributed by atoms with Crippen LogP contribution in [-0.4, -0.2) is 24.4 Å². The first kappa shape index (κ1) is 11.9. The molecule has 1 aliphatic heterocycles. The second-order valence-corrected chi connectivity index (χ2v) is 6.09. The number of aromatic nitrogens is 4. The van der Waals surface area contributed by atoms with E-state index in [1.54, 1.807) is 13.8 Å². The Morgan fingerprint density at radius 2 is 2.17 bits per heavy atom. The normalized spacial score (nSPS) is 18.6. The van der Waals surface area contributed by atoms with E-state index in [4.69, 9.17) is 0 Å². The van der Waals surface area contributed by atoms with Crippen molar-refractivity contribution in [1.29, 1.82) is 0 Å². The van der Waals surface area contributed by atoms with Gasteiger partial charge in [0.15, 0.2) is 0 Å². The maximum absolute atomic E-state index is 10.2. The number of fused-ring (bicyclic) bond motifs is 3. The molecule has 0 unspecified atom stereocenters. The molecule has 5 nitrogen and oxygen atoms in total. The van der Waals surface area contributed by atoms with Crippen LogP contribution in [0, 0.1) is 0 Å². The Kier molecular flexibility index (Phi) is 2.44. The number of hydrogen-bond donors (Lipinski definition) is 1. The Bertz CT molecular complexity index is 608. The Morgan fingerprint density at radius 1 is 1.44 bits per heavy atom. The number of imidazole rings is 1. The monoisotopic (exact) mass is 310 g/mol. The van der Waals surface area contributed by atoms with Gasteiger partial charge in [-0.15, -0.1) is 0 Å². The number of halogens is 1. The molecule has 3 rings (SSSR count). The first-order valence-electron chi connectivity index (χ1n) is 5.91. The summed E-state index contributed by atoms with van der Waals surface area (Å²) in [5.74, 6) is 0.702. The van der Waals surface area contributed by atoms with Gasteiger partial charge in [-0.2, -0.15) is 5.10 Å². The highest BCUT2D eigenvalue weighted by Gasteiger charge is 2.31. The van der Waals surface area contributed by atoms with Gasteiger partial charge in [0.2, 0.25) is 0 Å². The van der Waals surface area contributed by atoms with Gasteiger partial charge in [-0.25, -0.2) is 4.98 Å². The van der Waals surface area contributed by atoms with E-state index in [9.17, 15) is 5.11 Å². The first-order chi connectivity index (χ1) is 8.38. The second-order valence-electron chi connectivity index (χ2n) is 5.28. The van der Waals surface area contributed by atoms with Crippen molar-refractivity contribution in [3.05, 3.63) is 22.7 Å². The van der Waals surface area contributed by atoms with Crippen LogP contribution < -0.4 is 0 Å². The lowest BCUT2D eigenvalue weighted by molar-refractivity contribution is 0.0625. The molecule has 0 aliphatic carbocycles. The smallest absolute Gasteiger partial charge is 0.141 e. The molecule has 0 fully saturated rings. The molecule has 2 aromatic heterocycles. The molecule has 0 bridgehead atoms. The maximum Gasteiger partial charge on any atom is 0.141 e. The summed E-state index contributed by atoms with van der Waals surface area (Å²) in [4.78, 5) is 4.38. The van der Waals surface area contributed by atoms with Gasteiger partial charge in [-0.1, -0.05) is 0 Å². The Hall–Kier alpha value is -1.14. The van der Waals surface area contributed by atoms with Gasteiger partial charge >= 0.3 is 0 Å². The van der Waals surface area contributed by atoms with Crippen LogP contribution in [0.3, 0.4) is 0 Å². The molecule has 6 heteroatoms. The topological polar surface area (TPSA) is 55.9 Å². The zero-order valence-corrected chi connectivity index (χ0v) is 12.1. The molecule has 2 aromatic rings. The van der Waals surface area contributed by atoms with E-state index < -0.39 is 5.60 Å². The third kappa shape index (κ3) is 1.63. The molecule has 1 aliphatic rings. The number of hydrogen-bond acceptors (Lipinski definition) is 3. The maximum atomic E-state index is 10.2. The molecule has 0 saturated carbocycles. The molecule has 96 valence electrons. The predicted octanol–water partition coefficient (Wildman–Crippen LogP) is 2.31. The van der Waals surface area contributed by atoms with Crippen molar-refractivity contribution in [1.82, 2.24) is 19.3 Å². The van der Waals surface area contributed by atoms with E-state index in [1.165, 1.54) is 0 Å². The minimum absolute atomic E-state index is 0.225. The molecule has 0 saturated heterocycles. The van der Waals surface area contributed by atoms with E-state index in [-0.39, 0.29) is 6.04 Å². The predicted molar refractivity (Wildman–Crippen MR) is 71.1 cm³/mol. The lowest BCUT2D eigenvalue weighted by Gasteiger charge is -2.28. The fraction of sp³-hybridized carbons (Fsp3) is 0.500. The van der Waals surface area contributed by atoms with Crippen molar-refractivity contribution >= 4 is 15.9 Å². The zero-order chi connectivity index (χ0) is 13.1. The van der Waals surface area contributed by atoms with Crippen LogP contribution >= 0.6 is 15.9 Å². The standard InChI is InChI=1S/C12H15BrN4O/c1-7-6-16-8(4-10(13)15-16)9-5-14-11(17(7)9)12(2,3)18/h4-5,7,18H,6H2,1-3H3/t7-/m0/s1. The Labute approximate surface area is 114 Å². The highest BCUT2D eigenvalue weighted by Crippen LogP contribution is 2.35. The van der Waals surface area contributed by atoms with E-state index >= 15 is 0 Å². The fourth-order valence-corrected chi connectivity index (χ4v) is 2.92. The number of nitrogens with zero attached hydrogens (tertiary/aromatic N) is 4. The quantitative estimate of drug-likeness (QED) is 0.879. The van der Waals surface area contributed by atoms with Crippen molar-refractivity contribution in [3.8, 4) is 11.4 Å². The molecule has 3 heterocycles. The fourth-order valence-electron chi connectivity index (χ4n) is 2.51. The van der Waals surface area contributed by atoms with Crippen LogP contribution in [0.4, 0.5) is 0 Å². The largest absolute Gasteiger partial charge is 0.383 e. The molecule has 0 amide bonds. The van der Waals surface area contributed by atoms with Crippen LogP contribution in [-0.2, 0) is 12.1 Å². The average molecular weight is 311 g/mol. The molecule has 1 atom stereocenters. The van der Waals surface area contributed by atoms with Crippen molar-refractivity contribution in [3.63, 3.8) is 0 Å². The summed E-state index contributed by atoms with van der Waals surface area (Å²) in [6, 6.07) is 2.20. The summed E-state index contributed by atoms with van der Waals surface area (Å²) in [6.07, 6.45) is 1.81. The number of rotatable bonds is 1. The van der Waals surface area contributed by atoms with Crippen molar-refractivity contribution in [2.75, 3.05) is 0 Å². The minimum atomic E-state index is -0.939.